The normalized spacial score (nSPS) is 8.08. The third-order valence-electron chi connectivity index (χ3n) is 0.738. The maximum absolute atomic E-state index is 10.6. The van der Waals surface area contributed by atoms with E-state index in [1.807, 2.05) is 10.5 Å². The number of carbonyl (C=O) groups excluding carboxylic acids is 2. The van der Waals surface area contributed by atoms with Gasteiger partial charge in [-0.25, -0.2) is 0 Å². The third-order valence-corrected chi connectivity index (χ3v) is 0.738. The van der Waals surface area contributed by atoms with Crippen molar-refractivity contribution >= 4 is 42.2 Å². The first-order valence-corrected chi connectivity index (χ1v) is 2.79. The minimum Gasteiger partial charge on any atom is -0.491 e. The van der Waals surface area contributed by atoms with Gasteiger partial charge in [0.1, 0.15) is 0 Å². The predicted octanol–water partition coefficient (Wildman–Crippen LogP) is -2.73. The monoisotopic (exact) mass is 163 g/mol. The molecule has 0 saturated carbocycles. The summed E-state index contributed by atoms with van der Waals surface area (Å²) in [6.45, 7) is 0. The molecule has 0 unspecified atom stereocenters. The van der Waals surface area contributed by atoms with Crippen LogP contribution in [-0.2, 0) is 4.57 Å². The highest BCUT2D eigenvalue weighted by Crippen LogP contribution is 1.70. The minimum absolute atomic E-state index is 0.412. The second-order valence-corrected chi connectivity index (χ2v) is 1.54. The first-order chi connectivity index (χ1) is 5.70. The van der Waals surface area contributed by atoms with Gasteiger partial charge in [0.25, 0.3) is 8.05 Å². The molecule has 0 aliphatic heterocycles. The molecule has 0 aromatic rings. The summed E-state index contributed by atoms with van der Waals surface area (Å²) >= 11 is 0. The Morgan fingerprint density at radius 3 is 2.42 bits per heavy atom. The SMILES string of the molecule is [B]O[B]NC(=O)[B]C(=O)N[B]O. The van der Waals surface area contributed by atoms with Gasteiger partial charge in [0.2, 0.25) is 0 Å². The summed E-state index contributed by atoms with van der Waals surface area (Å²) in [6.07, 6.45) is 0. The number of carbonyl (C=O) groups is 2. The lowest BCUT2D eigenvalue weighted by Crippen LogP contribution is -2.40. The van der Waals surface area contributed by atoms with Crippen molar-refractivity contribution in [1.82, 2.24) is 10.5 Å². The zero-order valence-corrected chi connectivity index (χ0v) is 5.98. The van der Waals surface area contributed by atoms with Gasteiger partial charge in [-0.1, -0.05) is 0 Å². The molecule has 0 aromatic heterocycles. The lowest BCUT2D eigenvalue weighted by atomic mass is 9.74. The quantitative estimate of drug-likeness (QED) is 0.383. The van der Waals surface area contributed by atoms with Gasteiger partial charge in [-0.15, -0.1) is 0 Å². The van der Waals surface area contributed by atoms with Crippen molar-refractivity contribution in [1.29, 1.82) is 0 Å². The van der Waals surface area contributed by atoms with Crippen LogP contribution in [-0.4, -0.2) is 47.2 Å². The fraction of sp³-hybridized carbons (Fsp3) is 0. The predicted molar refractivity (Wildman–Crippen MR) is 43.4 cm³/mol. The smallest absolute Gasteiger partial charge is 0.434 e. The lowest BCUT2D eigenvalue weighted by molar-refractivity contribution is 0.258. The van der Waals surface area contributed by atoms with Gasteiger partial charge >= 0.3 is 22.5 Å². The molecule has 0 aromatic carbocycles. The average molecular weight is 162 g/mol. The van der Waals surface area contributed by atoms with Crippen LogP contribution in [0.15, 0.2) is 0 Å². The molecule has 0 saturated heterocycles. The Morgan fingerprint density at radius 1 is 1.33 bits per heavy atom. The second kappa shape index (κ2) is 6.81. The number of nitrogens with one attached hydrogen (secondary N) is 2. The van der Waals surface area contributed by atoms with E-state index in [1.54, 1.807) is 0 Å². The van der Waals surface area contributed by atoms with Crippen molar-refractivity contribution in [2.75, 3.05) is 0 Å². The second-order valence-electron chi connectivity index (χ2n) is 1.54. The molecule has 2 amide bonds. The van der Waals surface area contributed by atoms with Crippen LogP contribution < -0.4 is 10.5 Å². The topological polar surface area (TPSA) is 87.7 Å². The summed E-state index contributed by atoms with van der Waals surface area (Å²) in [7, 11) is 6.42. The van der Waals surface area contributed by atoms with E-state index >= 15 is 0 Å². The molecular formula is C2H3B4N2O4. The van der Waals surface area contributed by atoms with Crippen LogP contribution in [0.25, 0.3) is 0 Å². The molecule has 0 aliphatic rings. The molecule has 0 atom stereocenters. The van der Waals surface area contributed by atoms with Crippen LogP contribution >= 0.6 is 0 Å². The molecule has 12 heavy (non-hydrogen) atoms. The summed E-state index contributed by atoms with van der Waals surface area (Å²) < 4.78 is 3.89. The van der Waals surface area contributed by atoms with E-state index < -0.39 is 11.6 Å². The van der Waals surface area contributed by atoms with E-state index in [0.717, 1.165) is 7.62 Å². The fourth-order valence-corrected chi connectivity index (χ4v) is 0.358. The average Bonchev–Trinajstić information content (AvgIpc) is 2.01. The first-order valence-electron chi connectivity index (χ1n) is 2.79. The van der Waals surface area contributed by atoms with E-state index in [-0.39, 0.29) is 0 Å². The van der Waals surface area contributed by atoms with Crippen molar-refractivity contribution < 1.29 is 19.2 Å². The van der Waals surface area contributed by atoms with Gasteiger partial charge < -0.3 is 20.1 Å². The molecule has 0 spiro atoms. The highest BCUT2D eigenvalue weighted by Gasteiger charge is 2.11. The molecule has 0 fully saturated rings. The summed E-state index contributed by atoms with van der Waals surface area (Å²) in [5.74, 6) is -1.49. The maximum Gasteiger partial charge on any atom is 0.434 e. The Hall–Kier alpha value is -0.880. The van der Waals surface area contributed by atoms with Crippen molar-refractivity contribution in [2.24, 2.45) is 0 Å². The molecule has 0 rings (SSSR count). The Kier molecular flexibility index (Phi) is 6.31. The third kappa shape index (κ3) is 5.87. The highest BCUT2D eigenvalue weighted by molar-refractivity contribution is 6.98. The summed E-state index contributed by atoms with van der Waals surface area (Å²) in [5, 5.41) is 11.9. The molecule has 10 heteroatoms. The Balaban J connectivity index is 3.47. The lowest BCUT2D eigenvalue weighted by Gasteiger charge is -1.99. The van der Waals surface area contributed by atoms with Crippen LogP contribution in [0, 0.1) is 0 Å². The molecule has 6 nitrogen and oxygen atoms in total. The molecule has 0 heterocycles. The maximum atomic E-state index is 10.6. The van der Waals surface area contributed by atoms with Crippen LogP contribution in [0.3, 0.4) is 0 Å². The largest absolute Gasteiger partial charge is 0.491 e. The Morgan fingerprint density at radius 2 is 1.92 bits per heavy atom. The zero-order chi connectivity index (χ0) is 9.40. The summed E-state index contributed by atoms with van der Waals surface area (Å²) in [4.78, 5) is 21.1. The van der Waals surface area contributed by atoms with Crippen LogP contribution in [0.1, 0.15) is 0 Å². The van der Waals surface area contributed by atoms with E-state index in [2.05, 4.69) is 12.6 Å². The molecule has 3 N–H and O–H groups in total. The van der Waals surface area contributed by atoms with E-state index in [0.29, 0.717) is 14.9 Å². The van der Waals surface area contributed by atoms with Gasteiger partial charge in [-0.3, -0.25) is 9.59 Å². The number of amides is 2. The van der Waals surface area contributed by atoms with Gasteiger partial charge in [-0.2, -0.15) is 0 Å². The molecule has 0 aliphatic carbocycles. The van der Waals surface area contributed by atoms with Crippen molar-refractivity contribution in [2.45, 2.75) is 0 Å². The van der Waals surface area contributed by atoms with Crippen molar-refractivity contribution in [3.63, 3.8) is 0 Å². The Labute approximate surface area is 72.7 Å². The van der Waals surface area contributed by atoms with E-state index in [9.17, 15) is 9.59 Å². The number of hydrogen-bond donors (Lipinski definition) is 3. The van der Waals surface area contributed by atoms with Crippen molar-refractivity contribution in [3.8, 4) is 0 Å². The van der Waals surface area contributed by atoms with E-state index in [1.165, 1.54) is 0 Å². The minimum atomic E-state index is -0.763. The molecular weight excluding hydrogens is 159 g/mol. The van der Waals surface area contributed by atoms with Gasteiger partial charge in [-0.05, 0) is 0 Å². The van der Waals surface area contributed by atoms with Gasteiger partial charge in [0, 0.05) is 0 Å². The van der Waals surface area contributed by atoms with Gasteiger partial charge in [0.05, 0.1) is 0 Å². The standard InChI is InChI=1S/C2H3B4N2O4/c3-12-6-8-2(10)4-1(9)7-5-11/h11H,(H,7,9)(H,8,10). The number of rotatable bonds is 5. The van der Waals surface area contributed by atoms with Gasteiger partial charge in [0.15, 0.2) is 11.6 Å². The first kappa shape index (κ1) is 11.1. The van der Waals surface area contributed by atoms with Crippen molar-refractivity contribution in [3.05, 3.63) is 0 Å². The summed E-state index contributed by atoms with van der Waals surface area (Å²) in [5.41, 5.74) is 0. The fourth-order valence-electron chi connectivity index (χ4n) is 0.358. The van der Waals surface area contributed by atoms with E-state index in [4.69, 9.17) is 5.02 Å². The number of hydrogen-bond acceptors (Lipinski definition) is 4. The molecule has 5 radical (unpaired) electrons. The molecule has 57 valence electrons. The zero-order valence-electron chi connectivity index (χ0n) is 5.98. The van der Waals surface area contributed by atoms with Crippen LogP contribution in [0.5, 0.6) is 0 Å². The van der Waals surface area contributed by atoms with Crippen LogP contribution in [0.2, 0.25) is 0 Å². The highest BCUT2D eigenvalue weighted by atomic mass is 16.4. The Bertz CT molecular complexity index is 165. The van der Waals surface area contributed by atoms with Crippen LogP contribution in [0.4, 0.5) is 9.59 Å². The summed E-state index contributed by atoms with van der Waals surface area (Å²) in [6, 6.07) is 0. The molecule has 0 bridgehead atoms.